The van der Waals surface area contributed by atoms with Crippen LogP contribution in [0.25, 0.3) is 16.9 Å². The van der Waals surface area contributed by atoms with E-state index in [1.807, 2.05) is 0 Å². The van der Waals surface area contributed by atoms with Gasteiger partial charge in [-0.05, 0) is 54.0 Å². The lowest BCUT2D eigenvalue weighted by atomic mass is 9.54. The highest BCUT2D eigenvalue weighted by Gasteiger charge is 2.64. The van der Waals surface area contributed by atoms with Gasteiger partial charge in [0.2, 0.25) is 5.78 Å². The zero-order valence-electron chi connectivity index (χ0n) is 24.2. The van der Waals surface area contributed by atoms with E-state index < -0.39 is 81.7 Å². The minimum absolute atomic E-state index is 0.0260. The van der Waals surface area contributed by atoms with Crippen molar-refractivity contribution in [2.75, 3.05) is 19.0 Å². The Balaban J connectivity index is 1.71. The molecule has 5 rings (SSSR count). The molecule has 1 amide bonds. The third-order valence-electron chi connectivity index (χ3n) is 8.83. The summed E-state index contributed by atoms with van der Waals surface area (Å²) in [5, 5.41) is 45.9. The summed E-state index contributed by atoms with van der Waals surface area (Å²) in [6, 6.07) is 6.30. The predicted octanol–water partition coefficient (Wildman–Crippen LogP) is 3.94. The van der Waals surface area contributed by atoms with Crippen molar-refractivity contribution >= 4 is 28.9 Å². The molecule has 10 nitrogen and oxygen atoms in total. The van der Waals surface area contributed by atoms with E-state index in [9.17, 15) is 48.0 Å². The normalized spacial score (nSPS) is 25.1. The average molecular weight is 617 g/mol. The number of amides is 1. The maximum Gasteiger partial charge on any atom is 0.573 e. The van der Waals surface area contributed by atoms with Crippen LogP contribution in [-0.4, -0.2) is 64.0 Å². The molecule has 0 saturated heterocycles. The molecular formula is C31H31F3N2O8. The molecule has 0 radical (unpaired) electrons. The topological polar surface area (TPSA) is 171 Å². The van der Waals surface area contributed by atoms with Gasteiger partial charge in [0.1, 0.15) is 28.6 Å². The number of carbonyl (C=O) groups excluding carboxylic acids is 3. The van der Waals surface area contributed by atoms with Crippen LogP contribution in [0.2, 0.25) is 0 Å². The van der Waals surface area contributed by atoms with E-state index in [2.05, 4.69) is 4.74 Å². The molecule has 13 heteroatoms. The highest BCUT2D eigenvalue weighted by Crippen LogP contribution is 2.56. The first kappa shape index (κ1) is 30.9. The fourth-order valence-electron chi connectivity index (χ4n) is 6.99. The molecule has 44 heavy (non-hydrogen) atoms. The maximum absolute atomic E-state index is 14.1. The second-order valence-corrected chi connectivity index (χ2v) is 11.9. The lowest BCUT2D eigenvalue weighted by Gasteiger charge is -2.50. The Morgan fingerprint density at radius 3 is 2.25 bits per heavy atom. The largest absolute Gasteiger partial charge is 0.573 e. The number of carbonyl (C=O) groups is 3. The zero-order valence-corrected chi connectivity index (χ0v) is 24.2. The van der Waals surface area contributed by atoms with Gasteiger partial charge in [-0.1, -0.05) is 26.0 Å². The van der Waals surface area contributed by atoms with Crippen LogP contribution in [0.4, 0.5) is 18.9 Å². The number of Topliss-reactive ketones (excluding diaryl/α,β-unsaturated/α-hetero) is 2. The molecule has 2 aromatic carbocycles. The Labute approximate surface area is 249 Å². The Morgan fingerprint density at radius 2 is 1.73 bits per heavy atom. The lowest BCUT2D eigenvalue weighted by molar-refractivity contribution is -0.274. The van der Waals surface area contributed by atoms with Crippen LogP contribution in [0.1, 0.15) is 31.4 Å². The van der Waals surface area contributed by atoms with Gasteiger partial charge >= 0.3 is 6.36 Å². The molecule has 1 fully saturated rings. The van der Waals surface area contributed by atoms with Crippen molar-refractivity contribution in [1.29, 1.82) is 0 Å². The van der Waals surface area contributed by atoms with Gasteiger partial charge in [-0.2, -0.15) is 0 Å². The summed E-state index contributed by atoms with van der Waals surface area (Å²) in [4.78, 5) is 41.3. The van der Waals surface area contributed by atoms with E-state index in [-0.39, 0.29) is 35.1 Å². The molecule has 3 aliphatic carbocycles. The number of aromatic hydroxyl groups is 1. The predicted molar refractivity (Wildman–Crippen MR) is 152 cm³/mol. The van der Waals surface area contributed by atoms with Crippen LogP contribution in [0, 0.1) is 23.7 Å². The summed E-state index contributed by atoms with van der Waals surface area (Å²) in [6.07, 6.45) is -4.83. The number of primary amides is 1. The minimum Gasteiger partial charge on any atom is -0.508 e. The molecule has 6 N–H and O–H groups in total. The van der Waals surface area contributed by atoms with E-state index in [0.717, 1.165) is 12.1 Å². The average Bonchev–Trinajstić information content (AvgIpc) is 2.90. The molecule has 0 unspecified atom stereocenters. The molecular weight excluding hydrogens is 585 g/mol. The first-order chi connectivity index (χ1) is 20.4. The molecule has 0 aromatic heterocycles. The van der Waals surface area contributed by atoms with Crippen molar-refractivity contribution in [2.45, 2.75) is 38.7 Å². The van der Waals surface area contributed by atoms with Crippen LogP contribution in [0.3, 0.4) is 0 Å². The third kappa shape index (κ3) is 4.57. The number of ketones is 2. The van der Waals surface area contributed by atoms with Gasteiger partial charge in [-0.15, -0.1) is 13.2 Å². The fourth-order valence-corrected chi connectivity index (χ4v) is 6.99. The number of nitrogens with zero attached hydrogens (tertiary/aromatic N) is 1. The lowest BCUT2D eigenvalue weighted by Crippen LogP contribution is -2.62. The van der Waals surface area contributed by atoms with E-state index in [1.54, 1.807) is 38.9 Å². The number of aliphatic hydroxyl groups excluding tert-OH is 2. The van der Waals surface area contributed by atoms with Gasteiger partial charge in [0.15, 0.2) is 11.4 Å². The van der Waals surface area contributed by atoms with Crippen molar-refractivity contribution in [3.8, 4) is 22.6 Å². The van der Waals surface area contributed by atoms with Crippen LogP contribution in [0.5, 0.6) is 11.5 Å². The molecule has 234 valence electrons. The summed E-state index contributed by atoms with van der Waals surface area (Å²) < 4.78 is 41.9. The summed E-state index contributed by atoms with van der Waals surface area (Å²) in [6.45, 7) is 3.36. The van der Waals surface area contributed by atoms with Gasteiger partial charge < -0.3 is 35.8 Å². The van der Waals surface area contributed by atoms with Gasteiger partial charge in [0, 0.05) is 42.8 Å². The zero-order chi connectivity index (χ0) is 32.6. The van der Waals surface area contributed by atoms with E-state index >= 15 is 0 Å². The second-order valence-electron chi connectivity index (χ2n) is 11.9. The Bertz CT molecular complexity index is 1660. The van der Waals surface area contributed by atoms with Crippen molar-refractivity contribution in [1.82, 2.24) is 0 Å². The number of phenols is 1. The molecule has 0 aliphatic heterocycles. The SMILES string of the molecule is CC(C)[C@@H]1C(=O)C(C(N)=O)=C(O)[C@@]2(O)C(=O)C3=C(O)c4c(O)c(-c5ccc(OC(F)(F)F)cc5)cc(N(C)C)c4C[C@H]3C[C@@H]12. The minimum atomic E-state index is -4.90. The Hall–Kier alpha value is -4.52. The number of aliphatic hydroxyl groups is 3. The summed E-state index contributed by atoms with van der Waals surface area (Å²) >= 11 is 0. The fraction of sp³-hybridized carbons (Fsp3) is 0.387. The van der Waals surface area contributed by atoms with Crippen molar-refractivity contribution in [2.24, 2.45) is 29.4 Å². The van der Waals surface area contributed by atoms with E-state index in [4.69, 9.17) is 5.73 Å². The number of anilines is 1. The molecule has 0 spiro atoms. The number of alkyl halides is 3. The molecule has 2 aromatic rings. The van der Waals surface area contributed by atoms with Gasteiger partial charge in [0.05, 0.1) is 5.56 Å². The first-order valence-corrected chi connectivity index (χ1v) is 13.8. The summed E-state index contributed by atoms with van der Waals surface area (Å²) in [5.74, 6) is -9.37. The van der Waals surface area contributed by atoms with Gasteiger partial charge in [-0.25, -0.2) is 0 Å². The molecule has 4 atom stereocenters. The molecule has 1 saturated carbocycles. The molecule has 0 heterocycles. The van der Waals surface area contributed by atoms with Gasteiger partial charge in [0.25, 0.3) is 5.91 Å². The smallest absolute Gasteiger partial charge is 0.508 e. The van der Waals surface area contributed by atoms with E-state index in [1.165, 1.54) is 12.1 Å². The first-order valence-electron chi connectivity index (χ1n) is 13.8. The number of hydrogen-bond acceptors (Lipinski definition) is 9. The van der Waals surface area contributed by atoms with Crippen LogP contribution in [-0.2, 0) is 20.8 Å². The van der Waals surface area contributed by atoms with Crippen LogP contribution in [0.15, 0.2) is 47.2 Å². The highest BCUT2D eigenvalue weighted by molar-refractivity contribution is 6.23. The number of phenolic OH excluding ortho intramolecular Hbond substituents is 1. The number of benzene rings is 2. The summed E-state index contributed by atoms with van der Waals surface area (Å²) in [5.41, 5.74) is 2.72. The van der Waals surface area contributed by atoms with Crippen molar-refractivity contribution < 1.29 is 52.7 Å². The summed E-state index contributed by atoms with van der Waals surface area (Å²) in [7, 11) is 3.42. The Kier molecular flexibility index (Phi) is 7.23. The maximum atomic E-state index is 14.1. The second kappa shape index (κ2) is 10.3. The number of hydrogen-bond donors (Lipinski definition) is 5. The highest BCUT2D eigenvalue weighted by atomic mass is 19.4. The quantitative estimate of drug-likeness (QED) is 0.312. The number of fused-ring (bicyclic) bond motifs is 3. The monoisotopic (exact) mass is 616 g/mol. The van der Waals surface area contributed by atoms with Gasteiger partial charge in [-0.3, -0.25) is 14.4 Å². The number of rotatable bonds is 5. The number of nitrogens with two attached hydrogens (primary N) is 1. The van der Waals surface area contributed by atoms with Crippen LogP contribution < -0.4 is 15.4 Å². The number of halogens is 3. The molecule has 3 aliphatic rings. The van der Waals surface area contributed by atoms with Crippen molar-refractivity contribution in [3.63, 3.8) is 0 Å². The van der Waals surface area contributed by atoms with Crippen molar-refractivity contribution in [3.05, 3.63) is 58.4 Å². The standard InChI is InChI=1S/C31H31F3N2O8/c1-12(2)20-18-10-14-9-17-19(36(3)4)11-16(13-5-7-15(8-6-13)44-31(32,33)34)24(37)22(17)26(39)21(14)27(40)30(18,43)28(41)23(25(20)38)29(35)42/h5-8,11-12,14,18,20,37,39,41,43H,9-10H2,1-4H3,(H2,35,42)/t14-,18-,20-,30-/m0/s1. The van der Waals surface area contributed by atoms with Crippen LogP contribution >= 0.6 is 0 Å². The molecule has 0 bridgehead atoms. The number of ether oxygens (including phenoxy) is 1. The van der Waals surface area contributed by atoms with E-state index in [0.29, 0.717) is 11.3 Å². The third-order valence-corrected chi connectivity index (χ3v) is 8.83. The Morgan fingerprint density at radius 1 is 1.11 bits per heavy atom.